The third kappa shape index (κ3) is 13.8. The van der Waals surface area contributed by atoms with Gasteiger partial charge < -0.3 is 56.3 Å². The highest BCUT2D eigenvalue weighted by Gasteiger charge is 2.45. The van der Waals surface area contributed by atoms with Crippen LogP contribution in [0.1, 0.15) is 122 Å². The predicted octanol–water partition coefficient (Wildman–Crippen LogP) is 10.1. The van der Waals surface area contributed by atoms with E-state index in [0.717, 1.165) is 62.4 Å². The number of aliphatic hydroxyl groups excluding tert-OH is 4. The van der Waals surface area contributed by atoms with Crippen molar-refractivity contribution in [3.05, 3.63) is 178 Å². The number of benzene rings is 5. The van der Waals surface area contributed by atoms with Gasteiger partial charge in [-0.1, -0.05) is 117 Å². The number of rotatable bonds is 10. The highest BCUT2D eigenvalue weighted by Crippen LogP contribution is 2.49. The summed E-state index contributed by atoms with van der Waals surface area (Å²) in [4.78, 5) is 33.5. The highest BCUT2D eigenvalue weighted by atomic mass is 16.5. The lowest BCUT2D eigenvalue weighted by Crippen LogP contribution is -2.40. The van der Waals surface area contributed by atoms with Crippen LogP contribution >= 0.6 is 0 Å². The maximum absolute atomic E-state index is 15.4. The number of ether oxygens (including phenoxy) is 1. The third-order valence-electron chi connectivity index (χ3n) is 18.6. The van der Waals surface area contributed by atoms with Gasteiger partial charge in [0.2, 0.25) is 0 Å². The number of hydrogen-bond donors (Lipinski definition) is 10. The van der Waals surface area contributed by atoms with Crippen LogP contribution in [0.25, 0.3) is 10.8 Å². The second kappa shape index (κ2) is 27.7. The molecular formula is C71H84N4O9. The van der Waals surface area contributed by atoms with Crippen molar-refractivity contribution in [3.63, 3.8) is 0 Å². The Bertz CT molecular complexity index is 3380. The first-order chi connectivity index (χ1) is 40.8. The van der Waals surface area contributed by atoms with Crippen LogP contribution in [0.4, 0.5) is 5.69 Å². The van der Waals surface area contributed by atoms with Crippen molar-refractivity contribution in [1.29, 1.82) is 0 Å². The van der Waals surface area contributed by atoms with Gasteiger partial charge in [-0.3, -0.25) is 9.59 Å². The van der Waals surface area contributed by atoms with Gasteiger partial charge in [0.1, 0.15) is 11.6 Å². The van der Waals surface area contributed by atoms with Gasteiger partial charge in [0, 0.05) is 85.9 Å². The van der Waals surface area contributed by atoms with Gasteiger partial charge in [-0.05, 0) is 162 Å². The van der Waals surface area contributed by atoms with Crippen molar-refractivity contribution in [2.24, 2.45) is 35.5 Å². The van der Waals surface area contributed by atoms with Crippen LogP contribution in [0.3, 0.4) is 0 Å². The van der Waals surface area contributed by atoms with E-state index in [2.05, 4.69) is 77.0 Å². The molecule has 84 heavy (non-hydrogen) atoms. The van der Waals surface area contributed by atoms with Crippen molar-refractivity contribution in [1.82, 2.24) is 15.6 Å². The Morgan fingerprint density at radius 2 is 1.56 bits per heavy atom. The van der Waals surface area contributed by atoms with E-state index < -0.39 is 47.6 Å². The molecule has 6 aromatic rings. The number of phenols is 2. The van der Waals surface area contributed by atoms with E-state index in [1.807, 2.05) is 85.1 Å². The number of carbonyl (C=O) groups excluding carboxylic acids is 2. The van der Waals surface area contributed by atoms with E-state index in [4.69, 9.17) is 4.74 Å². The number of phenolic OH excluding ortho intramolecular Hbond substituents is 2. The fourth-order valence-electron chi connectivity index (χ4n) is 14.1. The molecular weight excluding hydrogens is 1050 g/mol. The average molecular weight is 1140 g/mol. The first-order valence-electron chi connectivity index (χ1n) is 30.6. The molecule has 10 N–H and O–H groups in total. The summed E-state index contributed by atoms with van der Waals surface area (Å²) in [5, 5.41) is 82.8. The van der Waals surface area contributed by atoms with Crippen LogP contribution in [-0.4, -0.2) is 98.9 Å². The summed E-state index contributed by atoms with van der Waals surface area (Å²) < 4.78 is 5.82. The van der Waals surface area contributed by atoms with Gasteiger partial charge in [-0.25, -0.2) is 0 Å². The number of hydrogen-bond acceptors (Lipinski definition) is 12. The molecule has 0 amide bonds. The highest BCUT2D eigenvalue weighted by molar-refractivity contribution is 6.06. The zero-order valence-corrected chi connectivity index (χ0v) is 48.8. The molecule has 0 radical (unpaired) electrons. The van der Waals surface area contributed by atoms with E-state index in [0.29, 0.717) is 93.9 Å². The number of H-pyrrole nitrogens is 1. The Balaban J connectivity index is 1.13. The van der Waals surface area contributed by atoms with Crippen LogP contribution in [0.2, 0.25) is 0 Å². The second-order valence-electron chi connectivity index (χ2n) is 24.2. The van der Waals surface area contributed by atoms with Crippen molar-refractivity contribution in [2.75, 3.05) is 38.7 Å². The lowest BCUT2D eigenvalue weighted by molar-refractivity contribution is -0.142. The quantitative estimate of drug-likeness (QED) is 0.0458. The van der Waals surface area contributed by atoms with Crippen LogP contribution in [0.15, 0.2) is 133 Å². The Labute approximate surface area is 494 Å². The van der Waals surface area contributed by atoms with E-state index in [1.54, 1.807) is 6.07 Å². The maximum atomic E-state index is 15.4. The molecule has 2 aliphatic heterocycles. The zero-order valence-electron chi connectivity index (χ0n) is 48.8. The minimum Gasteiger partial charge on any atom is -0.507 e. The summed E-state index contributed by atoms with van der Waals surface area (Å²) in [6.45, 7) is 5.63. The topological polar surface area (TPSA) is 217 Å². The summed E-state index contributed by atoms with van der Waals surface area (Å²) in [7, 11) is 1.51. The molecule has 1 fully saturated rings. The molecule has 13 nitrogen and oxygen atoms in total. The summed E-state index contributed by atoms with van der Waals surface area (Å²) in [6, 6.07) is 33.7. The smallest absolute Gasteiger partial charge is 0.173 e. The third-order valence-corrected chi connectivity index (χ3v) is 18.6. The van der Waals surface area contributed by atoms with E-state index in [9.17, 15) is 35.4 Å². The molecule has 0 unspecified atom stereocenters. The number of fused-ring (bicyclic) bond motifs is 9. The fourth-order valence-corrected chi connectivity index (χ4v) is 14.1. The summed E-state index contributed by atoms with van der Waals surface area (Å²) in [5.41, 5.74) is 8.58. The van der Waals surface area contributed by atoms with Gasteiger partial charge in [0.25, 0.3) is 0 Å². The van der Waals surface area contributed by atoms with E-state index in [-0.39, 0.29) is 72.7 Å². The monoisotopic (exact) mass is 1140 g/mol. The predicted molar refractivity (Wildman–Crippen MR) is 330 cm³/mol. The summed E-state index contributed by atoms with van der Waals surface area (Å²) >= 11 is 0. The summed E-state index contributed by atoms with van der Waals surface area (Å²) in [5.74, 6) is 4.73. The van der Waals surface area contributed by atoms with Gasteiger partial charge in [-0.15, -0.1) is 0 Å². The number of anilines is 1. The van der Waals surface area contributed by atoms with Crippen molar-refractivity contribution in [3.8, 4) is 29.1 Å². The van der Waals surface area contributed by atoms with Crippen LogP contribution < -0.4 is 20.7 Å². The molecule has 9 bridgehead atoms. The molecule has 4 aliphatic rings. The minimum absolute atomic E-state index is 0.0129. The van der Waals surface area contributed by atoms with E-state index >= 15 is 4.79 Å². The average Bonchev–Trinajstić information content (AvgIpc) is 2.92. The number of ketones is 2. The largest absolute Gasteiger partial charge is 0.507 e. The number of β-amino-alcohol motifs (C(OH)–C–C–N with tert-alkyl or cyclic N) is 1. The van der Waals surface area contributed by atoms with Crippen molar-refractivity contribution < 1.29 is 45.0 Å². The Kier molecular flexibility index (Phi) is 19.8. The molecule has 5 aromatic carbocycles. The van der Waals surface area contributed by atoms with Crippen molar-refractivity contribution in [2.45, 2.75) is 127 Å². The van der Waals surface area contributed by atoms with E-state index in [1.165, 1.54) is 7.11 Å². The Morgan fingerprint density at radius 1 is 0.774 bits per heavy atom. The number of allylic oxidation sites excluding steroid dienone is 2. The van der Waals surface area contributed by atoms with Gasteiger partial charge >= 0.3 is 0 Å². The number of Topliss-reactive ketones (excluding diaryl/α,β-unsaturated/α-hetero) is 2. The standard InChI is InChI=1S/C71H84N4O9/c1-4-12-58-52-32-51(31-47-22-26-59(45-15-9-6-10-16-45)67-49(23-27-63(78)71(83)70(82)61(47)35-52)36-65(84-3)69(81)60(67)25-18-44-13-7-5-8-14-44)57(17-11-30-76)48-28-29-73-66(37-48)75-54-24-21-46-19-20-50(68(80)62(46)38-54)34-56(77)42-72-40-43(2)53-33-55(74-41-53)39-64(58)79/h5-10,13-16,19-21,24,28,33,36-38,41,43,47,51-52,56-59,61,64,71-77,79-81,83H,4,11-12,17-18,23,25,27,29-32,34-35,39-40,42H2,1-3H3/t43-,47-,51+,52-,56+,57-,58+,59+,61-,64-,71+/m1/s1. The van der Waals surface area contributed by atoms with Gasteiger partial charge in [0.15, 0.2) is 29.2 Å². The number of aromatic hydroxyl groups is 2. The molecule has 0 saturated heterocycles. The number of aromatic nitrogens is 1. The lowest BCUT2D eigenvalue weighted by Gasteiger charge is -2.36. The molecule has 0 spiro atoms. The molecule has 2 aliphatic carbocycles. The summed E-state index contributed by atoms with van der Waals surface area (Å²) in [6.07, 6.45) is 8.46. The van der Waals surface area contributed by atoms with Crippen LogP contribution in [0.5, 0.6) is 17.2 Å². The number of aromatic amines is 1. The van der Waals surface area contributed by atoms with Crippen LogP contribution in [0, 0.1) is 47.3 Å². The number of nitrogens with one attached hydrogen (secondary N) is 4. The zero-order chi connectivity index (χ0) is 58.9. The molecule has 10 rings (SSSR count). The van der Waals surface area contributed by atoms with Crippen LogP contribution in [-0.2, 0) is 41.7 Å². The SMILES string of the molecule is CCC[C@H]1[C@@H]2C[C@H](C[C@H]3C#C[C@@H](c4ccccc4)c4c(cc(OC)c(O)c4CCc4ccccc4)CCC(=O)[C@H](O)C(=O)[C@@H]3C2)[C@H](CCCO)C2=CCNC(=C2)Nc2ccc3ccc(c(O)c3c2)C[C@H](O)CNC[C@@H](C)c2c[nH]c(c2)C[C@H]1O. The molecule has 11 atom stereocenters. The first-order valence-corrected chi connectivity index (χ1v) is 30.6. The number of aryl methyl sites for hydroxylation is 2. The molecule has 3 heterocycles. The molecule has 1 saturated carbocycles. The number of carbonyl (C=O) groups is 2. The minimum atomic E-state index is -1.90. The van der Waals surface area contributed by atoms with Gasteiger partial charge in [0.05, 0.1) is 25.2 Å². The molecule has 13 heteroatoms. The maximum Gasteiger partial charge on any atom is 0.173 e. The first kappa shape index (κ1) is 60.0. The van der Waals surface area contributed by atoms with Crippen molar-refractivity contribution >= 4 is 28.0 Å². The number of aliphatic hydroxyl groups is 4. The fraction of sp³-hybridized carbons (Fsp3) is 0.437. The number of dihydropyridines is 1. The Morgan fingerprint density at radius 3 is 2.33 bits per heavy atom. The second-order valence-corrected chi connectivity index (χ2v) is 24.2. The van der Waals surface area contributed by atoms with Gasteiger partial charge in [-0.2, -0.15) is 0 Å². The lowest BCUT2D eigenvalue weighted by atomic mass is 9.71. The normalized spacial score (nSPS) is 26.2. The molecule has 442 valence electrons. The molecule has 1 aromatic heterocycles. The Hall–Kier alpha value is -7.18. The number of methoxy groups -OCH3 is 1.